The molecule has 22 heavy (non-hydrogen) atoms. The molecule has 0 radical (unpaired) electrons. The number of carbonyl (C=O) groups is 1. The fraction of sp³-hybridized carbons (Fsp3) is 0.316. The first-order valence-corrected chi connectivity index (χ1v) is 7.61. The van der Waals surface area contributed by atoms with Crippen molar-refractivity contribution < 1.29 is 9.53 Å². The van der Waals surface area contributed by atoms with Crippen molar-refractivity contribution in [3.8, 4) is 5.75 Å². The number of carbonyl (C=O) groups excluding carboxylic acids is 1. The summed E-state index contributed by atoms with van der Waals surface area (Å²) in [6, 6.07) is 13.7. The van der Waals surface area contributed by atoms with Gasteiger partial charge in [0, 0.05) is 5.69 Å². The summed E-state index contributed by atoms with van der Waals surface area (Å²) in [5, 5.41) is 2.92. The Bertz CT molecular complexity index is 664. The number of rotatable bonds is 5. The average Bonchev–Trinajstić information content (AvgIpc) is 2.46. The van der Waals surface area contributed by atoms with Crippen molar-refractivity contribution in [1.82, 2.24) is 0 Å². The Morgan fingerprint density at radius 3 is 2.45 bits per heavy atom. The highest BCUT2D eigenvalue weighted by molar-refractivity contribution is 5.94. The molecule has 0 heterocycles. The van der Waals surface area contributed by atoms with Gasteiger partial charge >= 0.3 is 0 Å². The van der Waals surface area contributed by atoms with Gasteiger partial charge in [-0.15, -0.1) is 0 Å². The molecule has 1 unspecified atom stereocenters. The minimum Gasteiger partial charge on any atom is -0.480 e. The predicted molar refractivity (Wildman–Crippen MR) is 90.4 cm³/mol. The van der Waals surface area contributed by atoms with Gasteiger partial charge in [-0.2, -0.15) is 0 Å². The molecule has 0 aromatic heterocycles. The van der Waals surface area contributed by atoms with E-state index in [-0.39, 0.29) is 5.91 Å². The first-order valence-electron chi connectivity index (χ1n) is 7.61. The fourth-order valence-corrected chi connectivity index (χ4v) is 2.35. The van der Waals surface area contributed by atoms with Crippen LogP contribution in [-0.4, -0.2) is 12.0 Å². The van der Waals surface area contributed by atoms with Crippen molar-refractivity contribution in [2.75, 3.05) is 5.32 Å². The lowest BCUT2D eigenvalue weighted by Crippen LogP contribution is -2.32. The van der Waals surface area contributed by atoms with E-state index < -0.39 is 6.10 Å². The molecule has 1 N–H and O–H groups in total. The predicted octanol–water partition coefficient (Wildman–Crippen LogP) is 4.41. The molecule has 0 aliphatic heterocycles. The maximum atomic E-state index is 12.4. The zero-order valence-electron chi connectivity index (χ0n) is 13.6. The Kier molecular flexibility index (Phi) is 5.21. The van der Waals surface area contributed by atoms with Crippen molar-refractivity contribution in [1.29, 1.82) is 0 Å². The van der Waals surface area contributed by atoms with Gasteiger partial charge in [0.25, 0.3) is 5.91 Å². The summed E-state index contributed by atoms with van der Waals surface area (Å²) in [5.74, 6) is 0.643. The van der Waals surface area contributed by atoms with Gasteiger partial charge in [-0.1, -0.05) is 36.8 Å². The van der Waals surface area contributed by atoms with E-state index in [1.807, 2.05) is 64.1 Å². The first-order chi connectivity index (χ1) is 10.5. The smallest absolute Gasteiger partial charge is 0.265 e. The van der Waals surface area contributed by atoms with E-state index >= 15 is 0 Å². The van der Waals surface area contributed by atoms with Crippen LogP contribution in [0.4, 0.5) is 5.69 Å². The van der Waals surface area contributed by atoms with Gasteiger partial charge in [-0.05, 0) is 56.5 Å². The van der Waals surface area contributed by atoms with Crippen LogP contribution >= 0.6 is 0 Å². The number of benzene rings is 2. The summed E-state index contributed by atoms with van der Waals surface area (Å²) < 4.78 is 5.90. The van der Waals surface area contributed by atoms with Gasteiger partial charge < -0.3 is 10.1 Å². The van der Waals surface area contributed by atoms with E-state index in [1.165, 1.54) is 5.56 Å². The third-order valence-corrected chi connectivity index (χ3v) is 3.55. The number of hydrogen-bond acceptors (Lipinski definition) is 2. The SMILES string of the molecule is CCC(Oc1ccc(C)cc1C)C(=O)Nc1cccc(C)c1. The van der Waals surface area contributed by atoms with Crippen molar-refractivity contribution in [3.05, 3.63) is 59.2 Å². The number of aryl methyl sites for hydroxylation is 3. The molecule has 0 bridgehead atoms. The molecular weight excluding hydrogens is 274 g/mol. The highest BCUT2D eigenvalue weighted by Crippen LogP contribution is 2.21. The molecular formula is C19H23NO2. The third-order valence-electron chi connectivity index (χ3n) is 3.55. The number of ether oxygens (including phenoxy) is 1. The van der Waals surface area contributed by atoms with Crippen LogP contribution in [0.15, 0.2) is 42.5 Å². The van der Waals surface area contributed by atoms with E-state index in [4.69, 9.17) is 4.74 Å². The van der Waals surface area contributed by atoms with Crippen molar-refractivity contribution in [2.24, 2.45) is 0 Å². The monoisotopic (exact) mass is 297 g/mol. The Morgan fingerprint density at radius 1 is 1.09 bits per heavy atom. The van der Waals surface area contributed by atoms with Crippen LogP contribution in [0.25, 0.3) is 0 Å². The second-order valence-electron chi connectivity index (χ2n) is 5.64. The van der Waals surface area contributed by atoms with Crippen molar-refractivity contribution in [2.45, 2.75) is 40.2 Å². The molecule has 0 saturated carbocycles. The average molecular weight is 297 g/mol. The van der Waals surface area contributed by atoms with Crippen LogP contribution < -0.4 is 10.1 Å². The summed E-state index contributed by atoms with van der Waals surface area (Å²) in [6.07, 6.45) is 0.118. The molecule has 2 rings (SSSR count). The maximum absolute atomic E-state index is 12.4. The summed E-state index contributed by atoms with van der Waals surface area (Å²) in [5.41, 5.74) is 4.14. The molecule has 0 aliphatic rings. The first kappa shape index (κ1) is 16.1. The highest BCUT2D eigenvalue weighted by Gasteiger charge is 2.19. The maximum Gasteiger partial charge on any atom is 0.265 e. The largest absolute Gasteiger partial charge is 0.480 e. The Labute approximate surface area is 132 Å². The van der Waals surface area contributed by atoms with Gasteiger partial charge in [-0.25, -0.2) is 0 Å². The molecule has 116 valence electrons. The second kappa shape index (κ2) is 7.12. The Morgan fingerprint density at radius 2 is 1.82 bits per heavy atom. The van der Waals surface area contributed by atoms with Gasteiger partial charge in [-0.3, -0.25) is 4.79 Å². The van der Waals surface area contributed by atoms with Gasteiger partial charge in [0.1, 0.15) is 5.75 Å². The van der Waals surface area contributed by atoms with Crippen LogP contribution in [0.2, 0.25) is 0 Å². The Balaban J connectivity index is 2.09. The molecule has 0 saturated heterocycles. The van der Waals surface area contributed by atoms with E-state index in [2.05, 4.69) is 11.4 Å². The third kappa shape index (κ3) is 4.10. The molecule has 3 heteroatoms. The zero-order valence-corrected chi connectivity index (χ0v) is 13.6. The molecule has 1 amide bonds. The van der Waals surface area contributed by atoms with Gasteiger partial charge in [0.15, 0.2) is 6.10 Å². The summed E-state index contributed by atoms with van der Waals surface area (Å²) in [4.78, 5) is 12.4. The number of hydrogen-bond donors (Lipinski definition) is 1. The van der Waals surface area contributed by atoms with Crippen LogP contribution in [0, 0.1) is 20.8 Å². The second-order valence-corrected chi connectivity index (χ2v) is 5.64. The normalized spacial score (nSPS) is 11.8. The summed E-state index contributed by atoms with van der Waals surface area (Å²) >= 11 is 0. The molecule has 0 aliphatic carbocycles. The molecule has 0 spiro atoms. The number of nitrogens with one attached hydrogen (secondary N) is 1. The van der Waals surface area contributed by atoms with Gasteiger partial charge in [0.05, 0.1) is 0 Å². The minimum atomic E-state index is -0.498. The van der Waals surface area contributed by atoms with Crippen LogP contribution in [0.5, 0.6) is 5.75 Å². The minimum absolute atomic E-state index is 0.118. The van der Waals surface area contributed by atoms with E-state index in [0.29, 0.717) is 6.42 Å². The van der Waals surface area contributed by atoms with E-state index in [9.17, 15) is 4.79 Å². The lowest BCUT2D eigenvalue weighted by molar-refractivity contribution is -0.122. The summed E-state index contributed by atoms with van der Waals surface area (Å²) in [7, 11) is 0. The zero-order chi connectivity index (χ0) is 16.1. The van der Waals surface area contributed by atoms with Crippen molar-refractivity contribution >= 4 is 11.6 Å². The van der Waals surface area contributed by atoms with E-state index in [1.54, 1.807) is 0 Å². The molecule has 0 fully saturated rings. The molecule has 2 aromatic carbocycles. The topological polar surface area (TPSA) is 38.3 Å². The van der Waals surface area contributed by atoms with Crippen LogP contribution in [0.1, 0.15) is 30.0 Å². The molecule has 1 atom stereocenters. The number of amides is 1. The standard InChI is InChI=1S/C19H23NO2/c1-5-17(22-18-10-9-14(3)11-15(18)4)19(21)20-16-8-6-7-13(2)12-16/h6-12,17H,5H2,1-4H3,(H,20,21). The Hall–Kier alpha value is -2.29. The summed E-state index contributed by atoms with van der Waals surface area (Å²) in [6.45, 7) is 7.98. The molecule has 2 aromatic rings. The lowest BCUT2D eigenvalue weighted by Gasteiger charge is -2.19. The number of anilines is 1. The van der Waals surface area contributed by atoms with Crippen LogP contribution in [-0.2, 0) is 4.79 Å². The lowest BCUT2D eigenvalue weighted by atomic mass is 10.1. The molecule has 3 nitrogen and oxygen atoms in total. The quantitative estimate of drug-likeness (QED) is 0.888. The highest BCUT2D eigenvalue weighted by atomic mass is 16.5. The van der Waals surface area contributed by atoms with E-state index in [0.717, 1.165) is 22.6 Å². The fourth-order valence-electron chi connectivity index (χ4n) is 2.35. The van der Waals surface area contributed by atoms with Crippen LogP contribution in [0.3, 0.4) is 0 Å². The van der Waals surface area contributed by atoms with Gasteiger partial charge in [0.2, 0.25) is 0 Å². The van der Waals surface area contributed by atoms with Crippen molar-refractivity contribution in [3.63, 3.8) is 0 Å².